The highest BCUT2D eigenvalue weighted by atomic mass is 16.5. The zero-order chi connectivity index (χ0) is 24.2. The fraction of sp³-hybridized carbons (Fsp3) is 0.179. The Morgan fingerprint density at radius 2 is 1.97 bits per heavy atom. The van der Waals surface area contributed by atoms with Crippen LogP contribution in [0.4, 0.5) is 0 Å². The van der Waals surface area contributed by atoms with Crippen LogP contribution in [0.2, 0.25) is 0 Å². The molecule has 1 aliphatic rings. The summed E-state index contributed by atoms with van der Waals surface area (Å²) < 4.78 is 16.1. The van der Waals surface area contributed by atoms with E-state index in [1.165, 1.54) is 0 Å². The number of amides is 1. The lowest BCUT2D eigenvalue weighted by Crippen LogP contribution is -2.28. The van der Waals surface area contributed by atoms with Gasteiger partial charge in [-0.1, -0.05) is 30.3 Å². The molecule has 0 saturated heterocycles. The molecule has 35 heavy (non-hydrogen) atoms. The number of carbonyl (C=O) groups is 2. The van der Waals surface area contributed by atoms with E-state index in [9.17, 15) is 9.59 Å². The normalized spacial score (nSPS) is 13.6. The van der Waals surface area contributed by atoms with Crippen LogP contribution in [-0.4, -0.2) is 30.6 Å². The Hall–Kier alpha value is -4.39. The SMILES string of the molecule is COc1cccc(CNC(=O)COC(=O)c2c3c(nc4ccccc24)/C(=C/c2ccco2)CC3)c1. The van der Waals surface area contributed by atoms with E-state index < -0.39 is 5.97 Å². The molecule has 0 atom stereocenters. The number of carbonyl (C=O) groups excluding carboxylic acids is 2. The van der Waals surface area contributed by atoms with Gasteiger partial charge in [-0.25, -0.2) is 9.78 Å². The molecule has 1 aliphatic carbocycles. The summed E-state index contributed by atoms with van der Waals surface area (Å²) in [7, 11) is 1.59. The molecule has 0 aliphatic heterocycles. The zero-order valence-electron chi connectivity index (χ0n) is 19.2. The smallest absolute Gasteiger partial charge is 0.339 e. The molecule has 0 spiro atoms. The second-order valence-electron chi connectivity index (χ2n) is 8.22. The molecule has 0 saturated carbocycles. The fourth-order valence-corrected chi connectivity index (χ4v) is 4.29. The van der Waals surface area contributed by atoms with Gasteiger partial charge in [-0.05, 0) is 65.9 Å². The molecule has 1 N–H and O–H groups in total. The Morgan fingerprint density at radius 1 is 1.09 bits per heavy atom. The Morgan fingerprint density at radius 3 is 2.80 bits per heavy atom. The first kappa shape index (κ1) is 22.4. The van der Waals surface area contributed by atoms with Crippen molar-refractivity contribution in [3.05, 3.63) is 95.1 Å². The number of aromatic nitrogens is 1. The number of hydrogen-bond acceptors (Lipinski definition) is 6. The lowest BCUT2D eigenvalue weighted by atomic mass is 10.0. The third-order valence-electron chi connectivity index (χ3n) is 5.96. The highest BCUT2D eigenvalue weighted by Crippen LogP contribution is 2.37. The van der Waals surface area contributed by atoms with E-state index in [0.29, 0.717) is 35.2 Å². The highest BCUT2D eigenvalue weighted by molar-refractivity contribution is 6.07. The van der Waals surface area contributed by atoms with Gasteiger partial charge in [-0.15, -0.1) is 0 Å². The molecule has 0 unspecified atom stereocenters. The maximum Gasteiger partial charge on any atom is 0.339 e. The lowest BCUT2D eigenvalue weighted by Gasteiger charge is -2.12. The van der Waals surface area contributed by atoms with Gasteiger partial charge in [0.05, 0.1) is 30.1 Å². The van der Waals surface area contributed by atoms with Crippen LogP contribution < -0.4 is 10.1 Å². The van der Waals surface area contributed by atoms with Gasteiger partial charge in [0.25, 0.3) is 5.91 Å². The lowest BCUT2D eigenvalue weighted by molar-refractivity contribution is -0.124. The van der Waals surface area contributed by atoms with E-state index in [1.807, 2.05) is 66.7 Å². The van der Waals surface area contributed by atoms with E-state index >= 15 is 0 Å². The molecule has 4 aromatic rings. The Bertz CT molecular complexity index is 1420. The molecular formula is C28H24N2O5. The van der Waals surface area contributed by atoms with Gasteiger partial charge in [-0.3, -0.25) is 4.79 Å². The largest absolute Gasteiger partial charge is 0.497 e. The van der Waals surface area contributed by atoms with Gasteiger partial charge in [-0.2, -0.15) is 0 Å². The van der Waals surface area contributed by atoms with Crippen molar-refractivity contribution in [2.75, 3.05) is 13.7 Å². The van der Waals surface area contributed by atoms with Gasteiger partial charge in [0.15, 0.2) is 6.61 Å². The standard InChI is InChI=1S/C28H24N2O5/c1-33-20-7-4-6-18(14-20)16-29-25(31)17-35-28(32)26-22-9-2-3-10-24(22)30-27-19(11-12-23(26)27)15-21-8-5-13-34-21/h2-10,13-15H,11-12,16-17H2,1H3,(H,29,31)/b19-15+. The molecule has 1 amide bonds. The van der Waals surface area contributed by atoms with Crippen LogP contribution in [0.5, 0.6) is 5.75 Å². The second kappa shape index (κ2) is 9.85. The Labute approximate surface area is 202 Å². The van der Waals surface area contributed by atoms with E-state index in [2.05, 4.69) is 5.32 Å². The first-order chi connectivity index (χ1) is 17.1. The maximum atomic E-state index is 13.2. The van der Waals surface area contributed by atoms with Crippen molar-refractivity contribution in [2.24, 2.45) is 0 Å². The van der Waals surface area contributed by atoms with E-state index in [4.69, 9.17) is 18.9 Å². The summed E-state index contributed by atoms with van der Waals surface area (Å²) in [5.74, 6) is 0.534. The Balaban J connectivity index is 1.34. The van der Waals surface area contributed by atoms with Crippen LogP contribution >= 0.6 is 0 Å². The number of allylic oxidation sites excluding steroid dienone is 1. The second-order valence-corrected chi connectivity index (χ2v) is 8.22. The van der Waals surface area contributed by atoms with Gasteiger partial charge in [0.2, 0.25) is 0 Å². The summed E-state index contributed by atoms with van der Waals surface area (Å²) in [6.45, 7) is -0.0641. The van der Waals surface area contributed by atoms with Crippen LogP contribution in [0.25, 0.3) is 22.6 Å². The van der Waals surface area contributed by atoms with E-state index in [0.717, 1.165) is 34.6 Å². The average molecular weight is 469 g/mol. The first-order valence-corrected chi connectivity index (χ1v) is 11.3. The molecule has 2 aromatic heterocycles. The highest BCUT2D eigenvalue weighted by Gasteiger charge is 2.28. The molecule has 0 fully saturated rings. The molecule has 7 nitrogen and oxygen atoms in total. The summed E-state index contributed by atoms with van der Waals surface area (Å²) in [4.78, 5) is 30.4. The minimum atomic E-state index is -0.532. The number of benzene rings is 2. The number of ether oxygens (including phenoxy) is 2. The van der Waals surface area contributed by atoms with E-state index in [1.54, 1.807) is 13.4 Å². The van der Waals surface area contributed by atoms with Crippen molar-refractivity contribution in [2.45, 2.75) is 19.4 Å². The van der Waals surface area contributed by atoms with Gasteiger partial charge in [0, 0.05) is 11.9 Å². The van der Waals surface area contributed by atoms with Crippen molar-refractivity contribution >= 4 is 34.4 Å². The zero-order valence-corrected chi connectivity index (χ0v) is 19.2. The molecule has 2 aromatic carbocycles. The molecular weight excluding hydrogens is 444 g/mol. The fourth-order valence-electron chi connectivity index (χ4n) is 4.29. The summed E-state index contributed by atoms with van der Waals surface area (Å²) in [5.41, 5.74) is 4.67. The predicted molar refractivity (Wildman–Crippen MR) is 132 cm³/mol. The predicted octanol–water partition coefficient (Wildman–Crippen LogP) is 4.80. The summed E-state index contributed by atoms with van der Waals surface area (Å²) in [5, 5.41) is 3.49. The van der Waals surface area contributed by atoms with Crippen LogP contribution in [-0.2, 0) is 22.5 Å². The minimum absolute atomic E-state index is 0.308. The topological polar surface area (TPSA) is 90.7 Å². The number of para-hydroxylation sites is 1. The van der Waals surface area contributed by atoms with Crippen molar-refractivity contribution in [1.82, 2.24) is 10.3 Å². The quantitative estimate of drug-likeness (QED) is 0.392. The number of pyridine rings is 1. The van der Waals surface area contributed by atoms with Crippen LogP contribution in [0.3, 0.4) is 0 Å². The Kier molecular flexibility index (Phi) is 6.30. The number of nitrogens with one attached hydrogen (secondary N) is 1. The van der Waals surface area contributed by atoms with Gasteiger partial charge >= 0.3 is 5.97 Å². The molecule has 5 rings (SSSR count). The van der Waals surface area contributed by atoms with E-state index in [-0.39, 0.29) is 12.5 Å². The number of furan rings is 1. The third-order valence-corrected chi connectivity index (χ3v) is 5.96. The van der Waals surface area contributed by atoms with Gasteiger partial charge in [0.1, 0.15) is 11.5 Å². The van der Waals surface area contributed by atoms with Crippen molar-refractivity contribution in [1.29, 1.82) is 0 Å². The molecule has 0 radical (unpaired) electrons. The molecule has 2 heterocycles. The average Bonchev–Trinajstić information content (AvgIpc) is 3.55. The third kappa shape index (κ3) is 4.80. The van der Waals surface area contributed by atoms with Gasteiger partial charge < -0.3 is 19.2 Å². The number of fused-ring (bicyclic) bond motifs is 2. The van der Waals surface area contributed by atoms with Crippen molar-refractivity contribution in [3.63, 3.8) is 0 Å². The molecule has 7 heteroatoms. The number of esters is 1. The minimum Gasteiger partial charge on any atom is -0.497 e. The van der Waals surface area contributed by atoms with Crippen LogP contribution in [0.1, 0.15) is 39.4 Å². The van der Waals surface area contributed by atoms with Crippen LogP contribution in [0, 0.1) is 0 Å². The number of methoxy groups -OCH3 is 1. The number of hydrogen-bond donors (Lipinski definition) is 1. The van der Waals surface area contributed by atoms with Crippen molar-refractivity contribution in [3.8, 4) is 5.75 Å². The van der Waals surface area contributed by atoms with Crippen LogP contribution in [0.15, 0.2) is 71.3 Å². The molecule has 0 bridgehead atoms. The summed E-state index contributed by atoms with van der Waals surface area (Å²) in [6.07, 6.45) is 4.97. The number of nitrogens with zero attached hydrogens (tertiary/aromatic N) is 1. The summed E-state index contributed by atoms with van der Waals surface area (Å²) >= 11 is 0. The number of rotatable bonds is 7. The molecule has 176 valence electrons. The summed E-state index contributed by atoms with van der Waals surface area (Å²) in [6, 6.07) is 18.6. The maximum absolute atomic E-state index is 13.2. The van der Waals surface area contributed by atoms with Crippen molar-refractivity contribution < 1.29 is 23.5 Å². The first-order valence-electron chi connectivity index (χ1n) is 11.3. The monoisotopic (exact) mass is 468 g/mol.